The van der Waals surface area contributed by atoms with E-state index >= 15 is 0 Å². The molecule has 4 aromatic rings. The summed E-state index contributed by atoms with van der Waals surface area (Å²) in [7, 11) is 0. The van der Waals surface area contributed by atoms with Crippen LogP contribution in [0, 0.1) is 5.82 Å². The number of halogens is 1. The Morgan fingerprint density at radius 2 is 2.08 bits per heavy atom. The molecule has 6 nitrogen and oxygen atoms in total. The standard InChI is InChI=1S/C18H16FN5O/c19-11-8-12(17-15(9-11)21-10-22-17)18(25)20-7-3-6-16-23-13-4-1-2-5-14(13)24-16/h1-2,4-5,8-10H,3,6-7H2,(H,20,25)(H,21,22)(H,23,24). The minimum atomic E-state index is -0.468. The SMILES string of the molecule is O=C(NCCCc1nc2ccccc2[nH]1)c1cc(F)cc2[nH]cnc12. The van der Waals surface area contributed by atoms with Gasteiger partial charge in [-0.25, -0.2) is 14.4 Å². The Labute approximate surface area is 142 Å². The number of imidazole rings is 2. The summed E-state index contributed by atoms with van der Waals surface area (Å²) in [6.45, 7) is 0.471. The summed E-state index contributed by atoms with van der Waals surface area (Å²) in [4.78, 5) is 27.0. The van der Waals surface area contributed by atoms with Gasteiger partial charge in [-0.3, -0.25) is 4.79 Å². The lowest BCUT2D eigenvalue weighted by Crippen LogP contribution is -2.25. The molecule has 7 heteroatoms. The molecule has 0 radical (unpaired) electrons. The molecule has 0 fully saturated rings. The first-order valence-corrected chi connectivity index (χ1v) is 8.05. The summed E-state index contributed by atoms with van der Waals surface area (Å²) >= 11 is 0. The predicted octanol–water partition coefficient (Wildman–Crippen LogP) is 2.94. The number of carbonyl (C=O) groups is 1. The van der Waals surface area contributed by atoms with E-state index in [1.807, 2.05) is 24.3 Å². The van der Waals surface area contributed by atoms with E-state index < -0.39 is 5.82 Å². The molecule has 0 saturated carbocycles. The Kier molecular flexibility index (Phi) is 3.89. The molecule has 0 aliphatic heterocycles. The normalized spacial score (nSPS) is 11.2. The highest BCUT2D eigenvalue weighted by molar-refractivity contribution is 6.04. The summed E-state index contributed by atoms with van der Waals surface area (Å²) in [5.41, 5.74) is 3.15. The molecule has 2 aromatic heterocycles. The largest absolute Gasteiger partial charge is 0.352 e. The number of aromatic amines is 2. The third-order valence-electron chi connectivity index (χ3n) is 4.05. The Balaban J connectivity index is 1.37. The van der Waals surface area contributed by atoms with Gasteiger partial charge in [0, 0.05) is 13.0 Å². The number of H-pyrrole nitrogens is 2. The minimum absolute atomic E-state index is 0.236. The lowest BCUT2D eigenvalue weighted by Gasteiger charge is -2.05. The quantitative estimate of drug-likeness (QED) is 0.489. The van der Waals surface area contributed by atoms with Crippen LogP contribution >= 0.6 is 0 Å². The van der Waals surface area contributed by atoms with Crippen molar-refractivity contribution in [1.82, 2.24) is 25.3 Å². The van der Waals surface area contributed by atoms with E-state index in [1.54, 1.807) is 0 Å². The average Bonchev–Trinajstić information content (AvgIpc) is 3.23. The third kappa shape index (κ3) is 3.08. The van der Waals surface area contributed by atoms with Crippen LogP contribution in [-0.2, 0) is 6.42 Å². The highest BCUT2D eigenvalue weighted by atomic mass is 19.1. The van der Waals surface area contributed by atoms with Crippen molar-refractivity contribution in [3.05, 3.63) is 59.9 Å². The van der Waals surface area contributed by atoms with Crippen LogP contribution in [0.1, 0.15) is 22.6 Å². The number of carbonyl (C=O) groups excluding carboxylic acids is 1. The van der Waals surface area contributed by atoms with Gasteiger partial charge in [-0.05, 0) is 30.7 Å². The smallest absolute Gasteiger partial charge is 0.253 e. The summed E-state index contributed by atoms with van der Waals surface area (Å²) in [5.74, 6) is 0.0845. The van der Waals surface area contributed by atoms with Crippen LogP contribution in [-0.4, -0.2) is 32.4 Å². The van der Waals surface area contributed by atoms with E-state index in [2.05, 4.69) is 25.3 Å². The maximum atomic E-state index is 13.6. The van der Waals surface area contributed by atoms with Crippen molar-refractivity contribution in [2.45, 2.75) is 12.8 Å². The van der Waals surface area contributed by atoms with Gasteiger partial charge in [0.05, 0.1) is 28.4 Å². The van der Waals surface area contributed by atoms with Gasteiger partial charge in [0.2, 0.25) is 0 Å². The fourth-order valence-electron chi connectivity index (χ4n) is 2.86. The first-order chi connectivity index (χ1) is 12.2. The highest BCUT2D eigenvalue weighted by Crippen LogP contribution is 2.17. The minimum Gasteiger partial charge on any atom is -0.352 e. The van der Waals surface area contributed by atoms with Gasteiger partial charge >= 0.3 is 0 Å². The fourth-order valence-corrected chi connectivity index (χ4v) is 2.86. The zero-order valence-corrected chi connectivity index (χ0v) is 13.3. The summed E-state index contributed by atoms with van der Waals surface area (Å²) in [6.07, 6.45) is 2.89. The van der Waals surface area contributed by atoms with Gasteiger partial charge in [0.15, 0.2) is 0 Å². The number of rotatable bonds is 5. The molecule has 0 spiro atoms. The molecule has 0 bridgehead atoms. The molecule has 1 amide bonds. The number of benzene rings is 2. The Hall–Kier alpha value is -3.22. The van der Waals surface area contributed by atoms with Crippen molar-refractivity contribution in [3.63, 3.8) is 0 Å². The maximum absolute atomic E-state index is 13.6. The summed E-state index contributed by atoms with van der Waals surface area (Å²) < 4.78 is 13.6. The van der Waals surface area contributed by atoms with Crippen molar-refractivity contribution in [1.29, 1.82) is 0 Å². The second-order valence-electron chi connectivity index (χ2n) is 5.81. The Morgan fingerprint density at radius 3 is 2.96 bits per heavy atom. The molecule has 2 heterocycles. The monoisotopic (exact) mass is 337 g/mol. The Bertz CT molecular complexity index is 1020. The predicted molar refractivity (Wildman–Crippen MR) is 92.8 cm³/mol. The number of nitrogens with one attached hydrogen (secondary N) is 3. The summed E-state index contributed by atoms with van der Waals surface area (Å²) in [6, 6.07) is 10.4. The molecule has 0 aliphatic carbocycles. The number of para-hydroxylation sites is 2. The molecule has 2 aromatic carbocycles. The van der Waals surface area contributed by atoms with Gasteiger partial charge in [-0.2, -0.15) is 0 Å². The lowest BCUT2D eigenvalue weighted by atomic mass is 10.1. The molecule has 0 saturated heterocycles. The first-order valence-electron chi connectivity index (χ1n) is 8.05. The van der Waals surface area contributed by atoms with Crippen LogP contribution in [0.3, 0.4) is 0 Å². The number of aryl methyl sites for hydroxylation is 1. The van der Waals surface area contributed by atoms with E-state index in [4.69, 9.17) is 0 Å². The zero-order valence-electron chi connectivity index (χ0n) is 13.3. The molecule has 0 unspecified atom stereocenters. The number of fused-ring (bicyclic) bond motifs is 2. The maximum Gasteiger partial charge on any atom is 0.253 e. The van der Waals surface area contributed by atoms with Crippen molar-refractivity contribution >= 4 is 28.0 Å². The van der Waals surface area contributed by atoms with Crippen LogP contribution in [0.15, 0.2) is 42.7 Å². The van der Waals surface area contributed by atoms with E-state index in [0.29, 0.717) is 17.6 Å². The number of hydrogen-bond donors (Lipinski definition) is 3. The highest BCUT2D eigenvalue weighted by Gasteiger charge is 2.13. The molecule has 3 N–H and O–H groups in total. The number of aromatic nitrogens is 4. The second-order valence-corrected chi connectivity index (χ2v) is 5.81. The van der Waals surface area contributed by atoms with Gasteiger partial charge < -0.3 is 15.3 Å². The average molecular weight is 337 g/mol. The van der Waals surface area contributed by atoms with Crippen LogP contribution < -0.4 is 5.32 Å². The zero-order chi connectivity index (χ0) is 17.2. The topological polar surface area (TPSA) is 86.5 Å². The third-order valence-corrected chi connectivity index (χ3v) is 4.05. The van der Waals surface area contributed by atoms with Crippen LogP contribution in [0.25, 0.3) is 22.1 Å². The van der Waals surface area contributed by atoms with Crippen molar-refractivity contribution in [2.75, 3.05) is 6.54 Å². The van der Waals surface area contributed by atoms with Crippen molar-refractivity contribution in [3.8, 4) is 0 Å². The molecular formula is C18H16FN5O. The van der Waals surface area contributed by atoms with Crippen LogP contribution in [0.2, 0.25) is 0 Å². The van der Waals surface area contributed by atoms with Gasteiger partial charge in [-0.15, -0.1) is 0 Å². The Morgan fingerprint density at radius 1 is 1.20 bits per heavy atom. The van der Waals surface area contributed by atoms with E-state index in [9.17, 15) is 9.18 Å². The van der Waals surface area contributed by atoms with Crippen molar-refractivity contribution < 1.29 is 9.18 Å². The molecule has 0 aliphatic rings. The van der Waals surface area contributed by atoms with E-state index in [0.717, 1.165) is 29.7 Å². The first kappa shape index (κ1) is 15.3. The molecular weight excluding hydrogens is 321 g/mol. The fraction of sp³-hybridized carbons (Fsp3) is 0.167. The van der Waals surface area contributed by atoms with Gasteiger partial charge in [-0.1, -0.05) is 12.1 Å². The van der Waals surface area contributed by atoms with Gasteiger partial charge in [0.1, 0.15) is 17.2 Å². The molecule has 0 atom stereocenters. The summed E-state index contributed by atoms with van der Waals surface area (Å²) in [5, 5.41) is 2.81. The second kappa shape index (κ2) is 6.35. The lowest BCUT2D eigenvalue weighted by molar-refractivity contribution is 0.0954. The van der Waals surface area contributed by atoms with Crippen LogP contribution in [0.4, 0.5) is 4.39 Å². The molecule has 4 rings (SSSR count). The van der Waals surface area contributed by atoms with Crippen LogP contribution in [0.5, 0.6) is 0 Å². The van der Waals surface area contributed by atoms with Crippen molar-refractivity contribution in [2.24, 2.45) is 0 Å². The van der Waals surface area contributed by atoms with E-state index in [1.165, 1.54) is 18.5 Å². The number of amides is 1. The molecule has 25 heavy (non-hydrogen) atoms. The number of nitrogens with zero attached hydrogens (tertiary/aromatic N) is 2. The molecule has 126 valence electrons. The number of hydrogen-bond acceptors (Lipinski definition) is 3. The van der Waals surface area contributed by atoms with E-state index in [-0.39, 0.29) is 11.5 Å². The van der Waals surface area contributed by atoms with Gasteiger partial charge in [0.25, 0.3) is 5.91 Å².